The van der Waals surface area contributed by atoms with Crippen molar-refractivity contribution in [2.24, 2.45) is 0 Å². The third-order valence-corrected chi connectivity index (χ3v) is 4.02. The lowest BCUT2D eigenvalue weighted by molar-refractivity contribution is -0.645. The molecule has 1 aromatic carbocycles. The zero-order valence-corrected chi connectivity index (χ0v) is 14.9. The summed E-state index contributed by atoms with van der Waals surface area (Å²) in [6.07, 6.45) is 4.33. The second-order valence-electron chi connectivity index (χ2n) is 5.69. The van der Waals surface area contributed by atoms with E-state index in [-0.39, 0.29) is 0 Å². The van der Waals surface area contributed by atoms with Crippen molar-refractivity contribution in [3.63, 3.8) is 0 Å². The summed E-state index contributed by atoms with van der Waals surface area (Å²) in [6, 6.07) is 6.66. The van der Waals surface area contributed by atoms with Gasteiger partial charge in [-0.25, -0.2) is 5.84 Å². The molecule has 0 aliphatic carbocycles. The Morgan fingerprint density at radius 3 is 2.15 bits per heavy atom. The van der Waals surface area contributed by atoms with E-state index in [1.165, 1.54) is 18.4 Å². The maximum Gasteiger partial charge on any atom is 0.276 e. The second-order valence-corrected chi connectivity index (χ2v) is 5.69. The molecule has 0 fully saturated rings. The van der Waals surface area contributed by atoms with Crippen molar-refractivity contribution in [1.29, 1.82) is 0 Å². The SMILES string of the molecule is CCC(CC)c1cc[n+](N)c(C)c1.O=[N+]([O-])c1ccc([O-])c([N+](=O)[O-])c1. The van der Waals surface area contributed by atoms with E-state index in [2.05, 4.69) is 26.0 Å². The predicted molar refractivity (Wildman–Crippen MR) is 94.0 cm³/mol. The van der Waals surface area contributed by atoms with Gasteiger partial charge in [-0.3, -0.25) is 20.2 Å². The van der Waals surface area contributed by atoms with Crippen LogP contribution in [0.4, 0.5) is 11.4 Å². The van der Waals surface area contributed by atoms with Crippen LogP contribution in [0.15, 0.2) is 36.5 Å². The highest BCUT2D eigenvalue weighted by Crippen LogP contribution is 2.27. The van der Waals surface area contributed by atoms with Gasteiger partial charge in [0.25, 0.3) is 11.4 Å². The Morgan fingerprint density at radius 2 is 1.69 bits per heavy atom. The standard InChI is InChI=1S/C11H19N2.C6H4N2O5/c1-4-10(5-2)11-6-7-13(12)9(3)8-11;9-6-2-1-4(7(10)11)3-5(6)8(12)13/h6-8,10H,4-5,12H2,1-3H3;1-3,9H/q+1;/p-1. The van der Waals surface area contributed by atoms with Gasteiger partial charge in [0.2, 0.25) is 5.69 Å². The number of hydrogen-bond donors (Lipinski definition) is 1. The quantitative estimate of drug-likeness (QED) is 0.375. The van der Waals surface area contributed by atoms with Crippen LogP contribution in [0.1, 0.15) is 43.9 Å². The maximum atomic E-state index is 10.8. The molecular weight excluding hydrogens is 340 g/mol. The summed E-state index contributed by atoms with van der Waals surface area (Å²) >= 11 is 0. The van der Waals surface area contributed by atoms with E-state index in [1.54, 1.807) is 4.68 Å². The number of aryl methyl sites for hydroxylation is 1. The molecule has 140 valence electrons. The number of hydrogen-bond acceptors (Lipinski definition) is 6. The monoisotopic (exact) mass is 362 g/mol. The van der Waals surface area contributed by atoms with Gasteiger partial charge < -0.3 is 5.11 Å². The number of benzene rings is 1. The van der Waals surface area contributed by atoms with Gasteiger partial charge in [-0.15, -0.1) is 0 Å². The highest BCUT2D eigenvalue weighted by molar-refractivity contribution is 5.51. The molecule has 0 radical (unpaired) electrons. The van der Waals surface area contributed by atoms with Crippen molar-refractivity contribution in [3.05, 3.63) is 68.0 Å². The second kappa shape index (κ2) is 9.30. The number of non-ortho nitro benzene ring substituents is 1. The number of nitrogens with zero attached hydrogens (tertiary/aromatic N) is 3. The van der Waals surface area contributed by atoms with Crippen LogP contribution < -0.4 is 15.6 Å². The zero-order valence-electron chi connectivity index (χ0n) is 14.9. The van der Waals surface area contributed by atoms with Crippen LogP contribution in [0.5, 0.6) is 5.75 Å². The first kappa shape index (κ1) is 20.8. The Bertz CT molecular complexity index is 791. The zero-order chi connectivity index (χ0) is 19.9. The van der Waals surface area contributed by atoms with E-state index in [0.29, 0.717) is 12.0 Å². The van der Waals surface area contributed by atoms with Crippen molar-refractivity contribution < 1.29 is 19.6 Å². The summed E-state index contributed by atoms with van der Waals surface area (Å²) in [6.45, 7) is 6.49. The third kappa shape index (κ3) is 5.40. The summed E-state index contributed by atoms with van der Waals surface area (Å²) in [5.41, 5.74) is 1.27. The van der Waals surface area contributed by atoms with E-state index in [4.69, 9.17) is 5.84 Å². The summed E-state index contributed by atoms with van der Waals surface area (Å²) in [5.74, 6) is 5.53. The van der Waals surface area contributed by atoms with Crippen molar-refractivity contribution in [2.45, 2.75) is 39.5 Å². The number of nitro groups is 2. The third-order valence-electron chi connectivity index (χ3n) is 4.02. The fraction of sp³-hybridized carbons (Fsp3) is 0.353. The van der Waals surface area contributed by atoms with Gasteiger partial charge in [0.1, 0.15) is 0 Å². The molecule has 1 heterocycles. The fourth-order valence-corrected chi connectivity index (χ4v) is 2.42. The molecule has 0 unspecified atom stereocenters. The summed E-state index contributed by atoms with van der Waals surface area (Å²) in [5, 5.41) is 31.1. The summed E-state index contributed by atoms with van der Waals surface area (Å²) < 4.78 is 1.66. The average Bonchev–Trinajstić information content (AvgIpc) is 2.59. The van der Waals surface area contributed by atoms with Gasteiger partial charge in [-0.1, -0.05) is 24.6 Å². The molecule has 0 bridgehead atoms. The molecule has 0 saturated carbocycles. The van der Waals surface area contributed by atoms with Crippen LogP contribution in [0.25, 0.3) is 0 Å². The normalized spacial score (nSPS) is 10.2. The topological polar surface area (TPSA) is 139 Å². The molecule has 0 atom stereocenters. The Hall–Kier alpha value is -3.23. The van der Waals surface area contributed by atoms with Gasteiger partial charge in [0.15, 0.2) is 6.20 Å². The minimum Gasteiger partial charge on any atom is -0.868 e. The summed E-state index contributed by atoms with van der Waals surface area (Å²) in [4.78, 5) is 18.6. The molecule has 0 spiro atoms. The number of nitro benzene ring substituents is 2. The van der Waals surface area contributed by atoms with Crippen LogP contribution in [0.2, 0.25) is 0 Å². The van der Waals surface area contributed by atoms with Gasteiger partial charge in [0, 0.05) is 25.1 Å². The lowest BCUT2D eigenvalue weighted by Gasteiger charge is -2.11. The molecule has 0 aliphatic rings. The predicted octanol–water partition coefficient (Wildman–Crippen LogP) is 2.48. The van der Waals surface area contributed by atoms with Gasteiger partial charge in [0.05, 0.1) is 15.9 Å². The first-order valence-corrected chi connectivity index (χ1v) is 8.08. The lowest BCUT2D eigenvalue weighted by atomic mass is 9.94. The highest BCUT2D eigenvalue weighted by atomic mass is 16.6. The van der Waals surface area contributed by atoms with Crippen molar-refractivity contribution >= 4 is 11.4 Å². The molecule has 26 heavy (non-hydrogen) atoms. The number of nitrogens with two attached hydrogens (primary N) is 1. The number of nitrogen functional groups attached to an aromatic ring is 1. The number of aromatic nitrogens is 1. The van der Waals surface area contributed by atoms with Crippen LogP contribution in [-0.4, -0.2) is 9.85 Å². The molecule has 0 amide bonds. The van der Waals surface area contributed by atoms with Crippen LogP contribution in [0.3, 0.4) is 0 Å². The maximum absolute atomic E-state index is 10.8. The number of rotatable bonds is 5. The molecule has 0 aliphatic heterocycles. The first-order chi connectivity index (χ1) is 12.2. The largest absolute Gasteiger partial charge is 0.868 e. The molecule has 9 heteroatoms. The van der Waals surface area contributed by atoms with E-state index < -0.39 is 27.0 Å². The van der Waals surface area contributed by atoms with E-state index in [1.807, 2.05) is 13.1 Å². The molecule has 1 aromatic heterocycles. The fourth-order valence-electron chi connectivity index (χ4n) is 2.42. The Balaban J connectivity index is 0.000000260. The van der Waals surface area contributed by atoms with Crippen LogP contribution >= 0.6 is 0 Å². The highest BCUT2D eigenvalue weighted by Gasteiger charge is 2.13. The van der Waals surface area contributed by atoms with Gasteiger partial charge in [-0.2, -0.15) is 0 Å². The Morgan fingerprint density at radius 1 is 1.08 bits per heavy atom. The number of pyridine rings is 1. The van der Waals surface area contributed by atoms with Crippen LogP contribution in [0, 0.1) is 27.2 Å². The van der Waals surface area contributed by atoms with Gasteiger partial charge >= 0.3 is 0 Å². The molecular formula is C17H22N4O5. The van der Waals surface area contributed by atoms with E-state index in [0.717, 1.165) is 17.8 Å². The first-order valence-electron chi connectivity index (χ1n) is 8.08. The minimum atomic E-state index is -0.949. The van der Waals surface area contributed by atoms with Gasteiger partial charge in [-0.05, 0) is 30.1 Å². The lowest BCUT2D eigenvalue weighted by Crippen LogP contribution is -2.46. The minimum absolute atomic E-state index is 0.466. The average molecular weight is 362 g/mol. The molecule has 0 saturated heterocycles. The van der Waals surface area contributed by atoms with Crippen molar-refractivity contribution in [1.82, 2.24) is 0 Å². The summed E-state index contributed by atoms with van der Waals surface area (Å²) in [7, 11) is 0. The van der Waals surface area contributed by atoms with Crippen LogP contribution in [-0.2, 0) is 0 Å². The molecule has 9 nitrogen and oxygen atoms in total. The Labute approximate surface area is 151 Å². The van der Waals surface area contributed by atoms with Crippen molar-refractivity contribution in [2.75, 3.05) is 5.84 Å². The molecule has 2 aromatic rings. The molecule has 2 N–H and O–H groups in total. The molecule has 2 rings (SSSR count). The van der Waals surface area contributed by atoms with E-state index >= 15 is 0 Å². The Kier molecular flexibility index (Phi) is 7.45. The smallest absolute Gasteiger partial charge is 0.276 e. The van der Waals surface area contributed by atoms with E-state index in [9.17, 15) is 25.3 Å². The van der Waals surface area contributed by atoms with Crippen molar-refractivity contribution in [3.8, 4) is 5.75 Å².